The van der Waals surface area contributed by atoms with Crippen LogP contribution in [0.2, 0.25) is 0 Å². The first-order valence-electron chi connectivity index (χ1n) is 8.42. The van der Waals surface area contributed by atoms with Crippen LogP contribution < -0.4 is 10.6 Å². The molecule has 0 unspecified atom stereocenters. The minimum Gasteiger partial charge on any atom is -0.350 e. The monoisotopic (exact) mass is 347 g/mol. The van der Waals surface area contributed by atoms with Crippen LogP contribution >= 0.6 is 0 Å². The Bertz CT molecular complexity index is 878. The summed E-state index contributed by atoms with van der Waals surface area (Å²) in [7, 11) is 0. The molecule has 0 spiro atoms. The van der Waals surface area contributed by atoms with Gasteiger partial charge in [0.25, 0.3) is 5.91 Å². The molecule has 0 atom stereocenters. The van der Waals surface area contributed by atoms with Gasteiger partial charge in [-0.25, -0.2) is 9.97 Å². The quantitative estimate of drug-likeness (QED) is 0.716. The van der Waals surface area contributed by atoms with Crippen molar-refractivity contribution in [1.29, 1.82) is 0 Å². The summed E-state index contributed by atoms with van der Waals surface area (Å²) < 4.78 is 0. The van der Waals surface area contributed by atoms with Gasteiger partial charge in [-0.1, -0.05) is 35.9 Å². The minimum absolute atomic E-state index is 0.238. The van der Waals surface area contributed by atoms with Crippen molar-refractivity contribution in [3.8, 4) is 0 Å². The molecule has 0 bridgehead atoms. The highest BCUT2D eigenvalue weighted by atomic mass is 16.1. The molecular formula is C20H21N5O. The van der Waals surface area contributed by atoms with Crippen LogP contribution in [0.3, 0.4) is 0 Å². The molecule has 0 saturated carbocycles. The van der Waals surface area contributed by atoms with Gasteiger partial charge in [-0.05, 0) is 37.1 Å². The number of hydrogen-bond donors (Lipinski definition) is 2. The summed E-state index contributed by atoms with van der Waals surface area (Å²) in [6.07, 6.45) is 3.42. The summed E-state index contributed by atoms with van der Waals surface area (Å²) in [5, 5.41) is 6.03. The Morgan fingerprint density at radius 2 is 1.81 bits per heavy atom. The van der Waals surface area contributed by atoms with Gasteiger partial charge in [-0.3, -0.25) is 9.78 Å². The van der Waals surface area contributed by atoms with Crippen molar-refractivity contribution in [1.82, 2.24) is 20.3 Å². The van der Waals surface area contributed by atoms with Crippen LogP contribution in [0.25, 0.3) is 0 Å². The lowest BCUT2D eigenvalue weighted by atomic mass is 10.1. The molecule has 2 aromatic heterocycles. The number of benzene rings is 1. The van der Waals surface area contributed by atoms with Crippen molar-refractivity contribution in [3.63, 3.8) is 0 Å². The van der Waals surface area contributed by atoms with Crippen molar-refractivity contribution in [2.24, 2.45) is 0 Å². The molecule has 0 aliphatic rings. The first-order chi connectivity index (χ1) is 12.6. The zero-order chi connectivity index (χ0) is 18.4. The smallest absolute Gasteiger partial charge is 0.270 e. The number of nitrogens with zero attached hydrogens (tertiary/aromatic N) is 3. The van der Waals surface area contributed by atoms with E-state index in [4.69, 9.17) is 0 Å². The largest absolute Gasteiger partial charge is 0.350 e. The molecule has 0 fully saturated rings. The number of hydrogen-bond acceptors (Lipinski definition) is 5. The average molecular weight is 347 g/mol. The number of carbonyl (C=O) groups is 1. The molecule has 1 amide bonds. The van der Waals surface area contributed by atoms with E-state index in [2.05, 4.69) is 56.8 Å². The van der Waals surface area contributed by atoms with Gasteiger partial charge in [-0.15, -0.1) is 0 Å². The Balaban J connectivity index is 1.64. The second kappa shape index (κ2) is 8.20. The lowest BCUT2D eigenvalue weighted by molar-refractivity contribution is 0.0945. The average Bonchev–Trinajstić information content (AvgIpc) is 2.66. The van der Waals surface area contributed by atoms with E-state index in [1.165, 1.54) is 5.56 Å². The maximum atomic E-state index is 12.4. The van der Waals surface area contributed by atoms with Crippen LogP contribution in [0.15, 0.2) is 54.9 Å². The van der Waals surface area contributed by atoms with Crippen LogP contribution in [0.5, 0.6) is 0 Å². The molecule has 6 nitrogen and oxygen atoms in total. The number of amides is 1. The molecule has 3 aromatic rings. The van der Waals surface area contributed by atoms with E-state index in [1.54, 1.807) is 18.5 Å². The number of carbonyl (C=O) groups excluding carboxylic acids is 1. The number of anilines is 1. The molecule has 2 N–H and O–H groups in total. The van der Waals surface area contributed by atoms with Crippen molar-refractivity contribution >= 4 is 11.9 Å². The highest BCUT2D eigenvalue weighted by Crippen LogP contribution is 2.09. The van der Waals surface area contributed by atoms with Crippen LogP contribution in [-0.4, -0.2) is 20.9 Å². The predicted molar refractivity (Wildman–Crippen MR) is 101 cm³/mol. The van der Waals surface area contributed by atoms with Crippen LogP contribution in [0.4, 0.5) is 5.95 Å². The molecule has 132 valence electrons. The third-order valence-corrected chi connectivity index (χ3v) is 3.83. The lowest BCUT2D eigenvalue weighted by Gasteiger charge is -2.09. The van der Waals surface area contributed by atoms with Gasteiger partial charge in [0.2, 0.25) is 5.95 Å². The van der Waals surface area contributed by atoms with Gasteiger partial charge in [-0.2, -0.15) is 0 Å². The van der Waals surface area contributed by atoms with Crippen LogP contribution in [-0.2, 0) is 13.1 Å². The Morgan fingerprint density at radius 3 is 2.54 bits per heavy atom. The number of aromatic nitrogens is 3. The SMILES string of the molecule is Cc1ccc(CNc2nc(C)cc(C(=O)NCc3cccnc3)n2)cc1. The fourth-order valence-corrected chi connectivity index (χ4v) is 2.43. The summed E-state index contributed by atoms with van der Waals surface area (Å²) in [5.41, 5.74) is 4.35. The van der Waals surface area contributed by atoms with E-state index in [0.717, 1.165) is 16.8 Å². The van der Waals surface area contributed by atoms with Crippen molar-refractivity contribution in [3.05, 3.63) is 82.9 Å². The van der Waals surface area contributed by atoms with E-state index < -0.39 is 0 Å². The topological polar surface area (TPSA) is 79.8 Å². The second-order valence-electron chi connectivity index (χ2n) is 6.10. The summed E-state index contributed by atoms with van der Waals surface area (Å²) in [6.45, 7) is 4.90. The zero-order valence-electron chi connectivity index (χ0n) is 14.9. The molecule has 0 aliphatic heterocycles. The number of aryl methyl sites for hydroxylation is 2. The van der Waals surface area contributed by atoms with Crippen LogP contribution in [0.1, 0.15) is 32.9 Å². The molecule has 0 saturated heterocycles. The van der Waals surface area contributed by atoms with E-state index in [0.29, 0.717) is 24.7 Å². The van der Waals surface area contributed by atoms with Crippen LogP contribution in [0, 0.1) is 13.8 Å². The fourth-order valence-electron chi connectivity index (χ4n) is 2.43. The van der Waals surface area contributed by atoms with E-state index >= 15 is 0 Å². The van der Waals surface area contributed by atoms with Gasteiger partial charge in [0.15, 0.2) is 0 Å². The standard InChI is InChI=1S/C20H21N5O/c1-14-5-7-16(8-6-14)12-23-20-24-15(2)10-18(25-20)19(26)22-13-17-4-3-9-21-11-17/h3-11H,12-13H2,1-2H3,(H,22,26)(H,23,24,25). The van der Waals surface area contributed by atoms with Gasteiger partial charge in [0.1, 0.15) is 5.69 Å². The maximum Gasteiger partial charge on any atom is 0.270 e. The summed E-state index contributed by atoms with van der Waals surface area (Å²) in [5.74, 6) is 0.204. The summed E-state index contributed by atoms with van der Waals surface area (Å²) >= 11 is 0. The Kier molecular flexibility index (Phi) is 5.53. The lowest BCUT2D eigenvalue weighted by Crippen LogP contribution is -2.24. The number of rotatable bonds is 6. The number of nitrogens with one attached hydrogen (secondary N) is 2. The predicted octanol–water partition coefficient (Wildman–Crippen LogP) is 3.03. The van der Waals surface area contributed by atoms with Gasteiger partial charge < -0.3 is 10.6 Å². The molecule has 0 radical (unpaired) electrons. The Hall–Kier alpha value is -3.28. The fraction of sp³-hybridized carbons (Fsp3) is 0.200. The maximum absolute atomic E-state index is 12.4. The van der Waals surface area contributed by atoms with Gasteiger partial charge >= 0.3 is 0 Å². The summed E-state index contributed by atoms with van der Waals surface area (Å²) in [4.78, 5) is 25.1. The van der Waals surface area contributed by atoms with E-state index in [9.17, 15) is 4.79 Å². The molecule has 0 aliphatic carbocycles. The number of pyridine rings is 1. The third-order valence-electron chi connectivity index (χ3n) is 3.83. The van der Waals surface area contributed by atoms with Gasteiger partial charge in [0, 0.05) is 31.2 Å². The molecule has 6 heteroatoms. The molecular weight excluding hydrogens is 326 g/mol. The molecule has 2 heterocycles. The zero-order valence-corrected chi connectivity index (χ0v) is 14.9. The molecule has 3 rings (SSSR count). The van der Waals surface area contributed by atoms with Crippen molar-refractivity contribution < 1.29 is 4.79 Å². The first-order valence-corrected chi connectivity index (χ1v) is 8.42. The first kappa shape index (κ1) is 17.5. The highest BCUT2D eigenvalue weighted by Gasteiger charge is 2.10. The molecule has 1 aromatic carbocycles. The van der Waals surface area contributed by atoms with E-state index in [1.807, 2.05) is 19.1 Å². The van der Waals surface area contributed by atoms with Gasteiger partial charge in [0.05, 0.1) is 0 Å². The Labute approximate surface area is 152 Å². The molecule has 26 heavy (non-hydrogen) atoms. The van der Waals surface area contributed by atoms with Crippen molar-refractivity contribution in [2.75, 3.05) is 5.32 Å². The normalized spacial score (nSPS) is 10.4. The Morgan fingerprint density at radius 1 is 1.00 bits per heavy atom. The minimum atomic E-state index is -0.238. The van der Waals surface area contributed by atoms with E-state index in [-0.39, 0.29) is 5.91 Å². The third kappa shape index (κ3) is 4.86. The highest BCUT2D eigenvalue weighted by molar-refractivity contribution is 5.92. The summed E-state index contributed by atoms with van der Waals surface area (Å²) in [6, 6.07) is 13.7. The second-order valence-corrected chi connectivity index (χ2v) is 6.10. The van der Waals surface area contributed by atoms with Crippen molar-refractivity contribution in [2.45, 2.75) is 26.9 Å².